The third kappa shape index (κ3) is 5.73. The minimum Gasteiger partial charge on any atom is -0.490 e. The first kappa shape index (κ1) is 25.3. The molecule has 0 radical (unpaired) electrons. The molecule has 2 aromatic rings. The van der Waals surface area contributed by atoms with E-state index < -0.39 is 0 Å². The lowest BCUT2D eigenvalue weighted by Gasteiger charge is -2.35. The van der Waals surface area contributed by atoms with Gasteiger partial charge in [-0.3, -0.25) is 15.1 Å². The zero-order valence-electron chi connectivity index (χ0n) is 21.9. The first-order valence-electron chi connectivity index (χ1n) is 14.2. The summed E-state index contributed by atoms with van der Waals surface area (Å²) in [5, 5.41) is 7.70. The van der Waals surface area contributed by atoms with Gasteiger partial charge in [-0.1, -0.05) is 12.1 Å². The highest BCUT2D eigenvalue weighted by molar-refractivity contribution is 7.08. The normalized spacial score (nSPS) is 30.2. The molecule has 5 unspecified atom stereocenters. The quantitative estimate of drug-likeness (QED) is 0.512. The van der Waals surface area contributed by atoms with E-state index in [0.29, 0.717) is 18.1 Å². The number of hydrogen-bond acceptors (Lipinski definition) is 7. The van der Waals surface area contributed by atoms with Crippen molar-refractivity contribution >= 4 is 17.2 Å². The maximum atomic E-state index is 13.6. The number of nitrogens with one attached hydrogen (secondary N) is 3. The zero-order chi connectivity index (χ0) is 25.2. The largest absolute Gasteiger partial charge is 0.490 e. The second-order valence-corrected chi connectivity index (χ2v) is 12.2. The number of ether oxygens (including phenoxy) is 1. The predicted molar refractivity (Wildman–Crippen MR) is 148 cm³/mol. The van der Waals surface area contributed by atoms with Gasteiger partial charge in [-0.15, -0.1) is 0 Å². The van der Waals surface area contributed by atoms with Crippen LogP contribution >= 0.6 is 11.3 Å². The van der Waals surface area contributed by atoms with Gasteiger partial charge in [-0.2, -0.15) is 11.3 Å². The van der Waals surface area contributed by atoms with E-state index in [1.165, 1.54) is 18.4 Å². The number of piperidine rings is 1. The van der Waals surface area contributed by atoms with Gasteiger partial charge in [0.1, 0.15) is 17.9 Å². The maximum absolute atomic E-state index is 13.6. The molecule has 4 aliphatic rings. The molecule has 7 nitrogen and oxygen atoms in total. The third-order valence-electron chi connectivity index (χ3n) is 8.92. The molecular weight excluding hydrogens is 482 g/mol. The summed E-state index contributed by atoms with van der Waals surface area (Å²) in [6, 6.07) is 11.6. The Morgan fingerprint density at radius 1 is 1.03 bits per heavy atom. The lowest BCUT2D eigenvalue weighted by molar-refractivity contribution is -0.127. The van der Waals surface area contributed by atoms with E-state index in [-0.39, 0.29) is 24.0 Å². The van der Waals surface area contributed by atoms with Crippen LogP contribution in [0.2, 0.25) is 0 Å². The van der Waals surface area contributed by atoms with Gasteiger partial charge < -0.3 is 15.0 Å². The minimum atomic E-state index is -0.154. The number of benzene rings is 1. The Kier molecular flexibility index (Phi) is 7.81. The van der Waals surface area contributed by atoms with Crippen LogP contribution in [0.3, 0.4) is 0 Å². The monoisotopic (exact) mass is 523 g/mol. The Labute approximate surface area is 224 Å². The van der Waals surface area contributed by atoms with E-state index in [0.717, 1.165) is 69.6 Å². The van der Waals surface area contributed by atoms with Gasteiger partial charge in [-0.25, -0.2) is 5.43 Å². The lowest BCUT2D eigenvalue weighted by Crippen LogP contribution is -2.47. The van der Waals surface area contributed by atoms with Crippen LogP contribution in [-0.2, 0) is 4.79 Å². The first-order valence-corrected chi connectivity index (χ1v) is 15.1. The second-order valence-electron chi connectivity index (χ2n) is 11.4. The van der Waals surface area contributed by atoms with Gasteiger partial charge in [0.25, 0.3) is 0 Å². The smallest absolute Gasteiger partial charge is 0.242 e. The van der Waals surface area contributed by atoms with Crippen LogP contribution in [0.1, 0.15) is 68.2 Å². The number of nitrogens with zero attached hydrogens (tertiary/aromatic N) is 2. The summed E-state index contributed by atoms with van der Waals surface area (Å²) in [7, 11) is 2.18. The fourth-order valence-corrected chi connectivity index (χ4v) is 7.48. The molecule has 8 heteroatoms. The topological polar surface area (TPSA) is 68.9 Å². The first-order chi connectivity index (χ1) is 18.1. The standard InChI is InChI=1S/C29H41N5O2S/c1-33-15-10-24(11-16-33)36-23-7-4-20(5-8-23)27-25-18-22(6-9-26(25)31-32-27)30-29(35)28(21-12-17-37-19-21)34-13-2-3-14-34/h4-5,7-8,12,17,19,22,24-28,31-32H,2-3,6,9-11,13-16,18H2,1H3,(H,30,35). The fraction of sp³-hybridized carbons (Fsp3) is 0.621. The molecule has 0 spiro atoms. The van der Waals surface area contributed by atoms with Crippen molar-refractivity contribution in [1.82, 2.24) is 26.0 Å². The Hall–Kier alpha value is -1.97. The molecular formula is C29H41N5O2S. The van der Waals surface area contributed by atoms with Crippen LogP contribution in [0.15, 0.2) is 41.1 Å². The summed E-state index contributed by atoms with van der Waals surface area (Å²) in [6.07, 6.45) is 7.95. The molecule has 1 saturated carbocycles. The summed E-state index contributed by atoms with van der Waals surface area (Å²) in [4.78, 5) is 18.3. The fourth-order valence-electron chi connectivity index (χ4n) is 6.81. The number of carbonyl (C=O) groups excluding carboxylic acids is 1. The molecule has 0 bridgehead atoms. The molecule has 3 aliphatic heterocycles. The van der Waals surface area contributed by atoms with Gasteiger partial charge in [0.15, 0.2) is 0 Å². The van der Waals surface area contributed by atoms with Crippen LogP contribution in [0.4, 0.5) is 0 Å². The molecule has 1 aromatic carbocycles. The number of amides is 1. The van der Waals surface area contributed by atoms with Crippen LogP contribution in [0.25, 0.3) is 0 Å². The van der Waals surface area contributed by atoms with Crippen molar-refractivity contribution < 1.29 is 9.53 Å². The third-order valence-corrected chi connectivity index (χ3v) is 9.62. The highest BCUT2D eigenvalue weighted by Gasteiger charge is 2.42. The average Bonchev–Trinajstić information content (AvgIpc) is 3.69. The average molecular weight is 524 g/mol. The van der Waals surface area contributed by atoms with Crippen molar-refractivity contribution in [2.45, 2.75) is 75.2 Å². The van der Waals surface area contributed by atoms with Crippen LogP contribution in [-0.4, -0.2) is 67.1 Å². The molecule has 3 saturated heterocycles. The lowest BCUT2D eigenvalue weighted by atomic mass is 9.77. The van der Waals surface area contributed by atoms with E-state index in [9.17, 15) is 4.79 Å². The molecule has 3 N–H and O–H groups in total. The molecule has 1 amide bonds. The van der Waals surface area contributed by atoms with E-state index in [2.05, 4.69) is 74.1 Å². The van der Waals surface area contributed by atoms with Gasteiger partial charge in [0.05, 0.1) is 6.04 Å². The van der Waals surface area contributed by atoms with Gasteiger partial charge >= 0.3 is 0 Å². The number of rotatable bonds is 7. The molecule has 4 fully saturated rings. The van der Waals surface area contributed by atoms with Crippen LogP contribution in [0.5, 0.6) is 5.75 Å². The van der Waals surface area contributed by atoms with Crippen molar-refractivity contribution in [3.05, 3.63) is 52.2 Å². The Balaban J connectivity index is 1.08. The molecule has 200 valence electrons. The maximum Gasteiger partial charge on any atom is 0.242 e. The van der Waals surface area contributed by atoms with E-state index in [1.54, 1.807) is 11.3 Å². The highest BCUT2D eigenvalue weighted by Crippen LogP contribution is 2.39. The van der Waals surface area contributed by atoms with Crippen molar-refractivity contribution in [3.63, 3.8) is 0 Å². The van der Waals surface area contributed by atoms with Gasteiger partial charge in [-0.05, 0) is 111 Å². The van der Waals surface area contributed by atoms with E-state index in [4.69, 9.17) is 4.74 Å². The van der Waals surface area contributed by atoms with E-state index in [1.807, 2.05) is 0 Å². The molecule has 1 aliphatic carbocycles. The minimum absolute atomic E-state index is 0.154. The highest BCUT2D eigenvalue weighted by atomic mass is 32.1. The van der Waals surface area contributed by atoms with Crippen molar-refractivity contribution in [1.29, 1.82) is 0 Å². The van der Waals surface area contributed by atoms with Gasteiger partial charge in [0.2, 0.25) is 5.91 Å². The molecule has 1 aromatic heterocycles. The SMILES string of the molecule is CN1CCC(Oc2ccc(C3NNC4CCC(NC(=O)C(c5ccsc5)N5CCCC5)CC43)cc2)CC1. The number of hydrazine groups is 1. The number of hydrogen-bond donors (Lipinski definition) is 3. The van der Waals surface area contributed by atoms with Crippen LogP contribution < -0.4 is 20.9 Å². The summed E-state index contributed by atoms with van der Waals surface area (Å²) in [5.74, 6) is 1.59. The summed E-state index contributed by atoms with van der Waals surface area (Å²) in [5.41, 5.74) is 9.55. The second kappa shape index (κ2) is 11.4. The number of carbonyl (C=O) groups is 1. The van der Waals surface area contributed by atoms with Crippen molar-refractivity contribution in [3.8, 4) is 5.75 Å². The molecule has 37 heavy (non-hydrogen) atoms. The predicted octanol–water partition coefficient (Wildman–Crippen LogP) is 3.86. The number of likely N-dealkylation sites (tertiary alicyclic amines) is 2. The molecule has 6 rings (SSSR count). The zero-order valence-corrected chi connectivity index (χ0v) is 22.7. The van der Waals surface area contributed by atoms with Gasteiger partial charge in [0, 0.05) is 25.2 Å². The van der Waals surface area contributed by atoms with Crippen molar-refractivity contribution in [2.24, 2.45) is 5.92 Å². The Morgan fingerprint density at radius 3 is 2.54 bits per heavy atom. The summed E-state index contributed by atoms with van der Waals surface area (Å²) >= 11 is 1.68. The number of thiophene rings is 1. The number of fused-ring (bicyclic) bond motifs is 1. The Morgan fingerprint density at radius 2 is 1.81 bits per heavy atom. The van der Waals surface area contributed by atoms with Crippen molar-refractivity contribution in [2.75, 3.05) is 33.2 Å². The Bertz CT molecular complexity index is 1020. The summed E-state index contributed by atoms with van der Waals surface area (Å²) < 4.78 is 6.27. The van der Waals surface area contributed by atoms with E-state index >= 15 is 0 Å². The molecule has 4 heterocycles. The summed E-state index contributed by atoms with van der Waals surface area (Å²) in [6.45, 7) is 4.23. The molecule has 5 atom stereocenters. The van der Waals surface area contributed by atoms with Crippen LogP contribution in [0, 0.1) is 5.92 Å².